The van der Waals surface area contributed by atoms with Crippen molar-refractivity contribution in [3.05, 3.63) is 0 Å². The second kappa shape index (κ2) is 9.02. The highest BCUT2D eigenvalue weighted by atomic mass is 16.5. The Morgan fingerprint density at radius 1 is 1.24 bits per heavy atom. The third-order valence-electron chi connectivity index (χ3n) is 2.45. The summed E-state index contributed by atoms with van der Waals surface area (Å²) in [6.45, 7) is 7.98. The lowest BCUT2D eigenvalue weighted by Crippen LogP contribution is -2.22. The Morgan fingerprint density at radius 2 is 1.82 bits per heavy atom. The van der Waals surface area contributed by atoms with Gasteiger partial charge in [0.05, 0.1) is 18.2 Å². The lowest BCUT2D eigenvalue weighted by atomic mass is 9.99. The van der Waals surface area contributed by atoms with Crippen molar-refractivity contribution in [3.63, 3.8) is 0 Å². The van der Waals surface area contributed by atoms with Crippen molar-refractivity contribution in [3.8, 4) is 0 Å². The van der Waals surface area contributed by atoms with Gasteiger partial charge in [0.15, 0.2) is 0 Å². The van der Waals surface area contributed by atoms with Crippen LogP contribution in [0.2, 0.25) is 0 Å². The fraction of sp³-hybridized carbons (Fsp3) is 0.846. The molecule has 0 saturated carbocycles. The Balaban J connectivity index is 4.02. The van der Waals surface area contributed by atoms with Crippen LogP contribution in [0.15, 0.2) is 5.16 Å². The summed E-state index contributed by atoms with van der Waals surface area (Å²) in [5, 5.41) is 11.5. The maximum Gasteiger partial charge on any atom is 0.314 e. The van der Waals surface area contributed by atoms with Gasteiger partial charge in [0, 0.05) is 0 Å². The molecule has 0 bridgehead atoms. The standard InChI is InChI=1S/C13H25NO3/c1-10(2)7-5-6-8-12(9-14-16)13(15)17-11(3)4/h9-12,16H,5-8H2,1-4H3/b14-9-. The molecular formula is C13H25NO3. The zero-order valence-corrected chi connectivity index (χ0v) is 11.3. The normalized spacial score (nSPS) is 13.5. The summed E-state index contributed by atoms with van der Waals surface area (Å²) < 4.78 is 5.10. The molecule has 4 heteroatoms. The van der Waals surface area contributed by atoms with Gasteiger partial charge in [-0.15, -0.1) is 5.16 Å². The van der Waals surface area contributed by atoms with Gasteiger partial charge in [-0.2, -0.15) is 0 Å². The molecule has 0 aliphatic heterocycles. The topological polar surface area (TPSA) is 58.9 Å². The number of carbonyl (C=O) groups excluding carboxylic acids is 1. The Kier molecular flexibility index (Phi) is 8.46. The molecule has 0 rings (SSSR count). The second-order valence-corrected chi connectivity index (χ2v) is 5.03. The van der Waals surface area contributed by atoms with E-state index in [-0.39, 0.29) is 12.1 Å². The van der Waals surface area contributed by atoms with Crippen molar-refractivity contribution < 1.29 is 14.7 Å². The van der Waals surface area contributed by atoms with E-state index in [1.807, 2.05) is 13.8 Å². The van der Waals surface area contributed by atoms with Gasteiger partial charge >= 0.3 is 5.97 Å². The average Bonchev–Trinajstić information content (AvgIpc) is 2.21. The predicted molar refractivity (Wildman–Crippen MR) is 68.3 cm³/mol. The number of ether oxygens (including phenoxy) is 1. The van der Waals surface area contributed by atoms with E-state index in [9.17, 15) is 4.79 Å². The third kappa shape index (κ3) is 8.72. The van der Waals surface area contributed by atoms with Crippen LogP contribution in [0.4, 0.5) is 0 Å². The fourth-order valence-corrected chi connectivity index (χ4v) is 1.57. The predicted octanol–water partition coefficient (Wildman–Crippen LogP) is 3.23. The van der Waals surface area contributed by atoms with Crippen molar-refractivity contribution in [1.82, 2.24) is 0 Å². The van der Waals surface area contributed by atoms with E-state index in [0.29, 0.717) is 12.3 Å². The molecule has 4 nitrogen and oxygen atoms in total. The zero-order valence-electron chi connectivity index (χ0n) is 11.3. The number of hydrogen-bond acceptors (Lipinski definition) is 4. The minimum absolute atomic E-state index is 0.132. The number of rotatable bonds is 8. The molecule has 0 heterocycles. The molecule has 1 N–H and O–H groups in total. The van der Waals surface area contributed by atoms with Gasteiger partial charge < -0.3 is 9.94 Å². The van der Waals surface area contributed by atoms with Crippen LogP contribution in [-0.2, 0) is 9.53 Å². The molecule has 0 aliphatic carbocycles. The fourth-order valence-electron chi connectivity index (χ4n) is 1.57. The lowest BCUT2D eigenvalue weighted by Gasteiger charge is -2.14. The Bertz CT molecular complexity index is 237. The summed E-state index contributed by atoms with van der Waals surface area (Å²) in [5.74, 6) is -0.0421. The molecule has 0 amide bonds. The van der Waals surface area contributed by atoms with E-state index in [2.05, 4.69) is 19.0 Å². The maximum absolute atomic E-state index is 11.6. The van der Waals surface area contributed by atoms with Crippen molar-refractivity contribution in [2.75, 3.05) is 0 Å². The summed E-state index contributed by atoms with van der Waals surface area (Å²) in [7, 11) is 0. The SMILES string of the molecule is CC(C)CCCCC(/C=N\O)C(=O)OC(C)C. The van der Waals surface area contributed by atoms with Gasteiger partial charge in [-0.25, -0.2) is 0 Å². The minimum Gasteiger partial charge on any atom is -0.462 e. The molecule has 0 radical (unpaired) electrons. The first-order valence-electron chi connectivity index (χ1n) is 6.35. The molecule has 1 atom stereocenters. The zero-order chi connectivity index (χ0) is 13.3. The maximum atomic E-state index is 11.6. The van der Waals surface area contributed by atoms with Gasteiger partial charge in [-0.3, -0.25) is 4.79 Å². The van der Waals surface area contributed by atoms with Crippen LogP contribution in [0.3, 0.4) is 0 Å². The number of oxime groups is 1. The average molecular weight is 243 g/mol. The molecule has 0 spiro atoms. The van der Waals surface area contributed by atoms with Crippen LogP contribution in [0.5, 0.6) is 0 Å². The van der Waals surface area contributed by atoms with Crippen molar-refractivity contribution >= 4 is 12.2 Å². The molecule has 0 aromatic heterocycles. The van der Waals surface area contributed by atoms with Crippen LogP contribution < -0.4 is 0 Å². The highest BCUT2D eigenvalue weighted by Crippen LogP contribution is 2.14. The molecule has 17 heavy (non-hydrogen) atoms. The van der Waals surface area contributed by atoms with Gasteiger partial charge in [-0.1, -0.05) is 33.1 Å². The Labute approximate surface area is 104 Å². The molecule has 0 fully saturated rings. The number of nitrogens with zero attached hydrogens (tertiary/aromatic N) is 1. The number of esters is 1. The van der Waals surface area contributed by atoms with E-state index in [1.54, 1.807) is 0 Å². The minimum atomic E-state index is -0.422. The highest BCUT2D eigenvalue weighted by molar-refractivity contribution is 5.89. The van der Waals surface area contributed by atoms with E-state index < -0.39 is 5.92 Å². The molecular weight excluding hydrogens is 218 g/mol. The van der Waals surface area contributed by atoms with Gasteiger partial charge in [0.25, 0.3) is 0 Å². The monoisotopic (exact) mass is 243 g/mol. The quantitative estimate of drug-likeness (QED) is 0.234. The van der Waals surface area contributed by atoms with E-state index in [4.69, 9.17) is 9.94 Å². The molecule has 0 saturated heterocycles. The first-order valence-corrected chi connectivity index (χ1v) is 6.35. The first-order chi connectivity index (χ1) is 7.97. The van der Waals surface area contributed by atoms with Crippen LogP contribution in [0, 0.1) is 11.8 Å². The van der Waals surface area contributed by atoms with Crippen LogP contribution in [0.1, 0.15) is 53.4 Å². The largest absolute Gasteiger partial charge is 0.462 e. The summed E-state index contributed by atoms with van der Waals surface area (Å²) in [6, 6.07) is 0. The summed E-state index contributed by atoms with van der Waals surface area (Å²) in [6.07, 6.45) is 5.00. The molecule has 0 aliphatic rings. The van der Waals surface area contributed by atoms with Gasteiger partial charge in [0.1, 0.15) is 0 Å². The molecule has 0 aromatic carbocycles. The summed E-state index contributed by atoms with van der Waals surface area (Å²) >= 11 is 0. The van der Waals surface area contributed by atoms with Crippen molar-refractivity contribution in [2.24, 2.45) is 17.0 Å². The Morgan fingerprint density at radius 3 is 2.29 bits per heavy atom. The molecule has 100 valence electrons. The number of hydrogen-bond donors (Lipinski definition) is 1. The molecule has 0 aromatic rings. The summed E-state index contributed by atoms with van der Waals surface area (Å²) in [5.41, 5.74) is 0. The van der Waals surface area contributed by atoms with Gasteiger partial charge in [-0.05, 0) is 26.2 Å². The van der Waals surface area contributed by atoms with Crippen LogP contribution in [-0.4, -0.2) is 23.5 Å². The number of carbonyl (C=O) groups is 1. The second-order valence-electron chi connectivity index (χ2n) is 5.03. The number of unbranched alkanes of at least 4 members (excludes halogenated alkanes) is 1. The van der Waals surface area contributed by atoms with Crippen LogP contribution in [0.25, 0.3) is 0 Å². The van der Waals surface area contributed by atoms with Crippen molar-refractivity contribution in [2.45, 2.75) is 59.5 Å². The smallest absolute Gasteiger partial charge is 0.314 e. The molecule has 1 unspecified atom stereocenters. The highest BCUT2D eigenvalue weighted by Gasteiger charge is 2.18. The third-order valence-corrected chi connectivity index (χ3v) is 2.45. The summed E-state index contributed by atoms with van der Waals surface area (Å²) in [4.78, 5) is 11.6. The first kappa shape index (κ1) is 15.9. The van der Waals surface area contributed by atoms with Crippen LogP contribution >= 0.6 is 0 Å². The van der Waals surface area contributed by atoms with E-state index in [1.165, 1.54) is 6.21 Å². The lowest BCUT2D eigenvalue weighted by molar-refractivity contribution is -0.150. The van der Waals surface area contributed by atoms with Gasteiger partial charge in [0.2, 0.25) is 0 Å². The van der Waals surface area contributed by atoms with Crippen molar-refractivity contribution in [1.29, 1.82) is 0 Å². The Hall–Kier alpha value is -1.06. The van der Waals surface area contributed by atoms with E-state index >= 15 is 0 Å². The van der Waals surface area contributed by atoms with E-state index in [0.717, 1.165) is 19.3 Å².